The maximum Gasteiger partial charge on any atom is 0.262 e. The van der Waals surface area contributed by atoms with Gasteiger partial charge in [-0.1, -0.05) is 61.8 Å². The Balaban J connectivity index is 1.65. The molecule has 0 saturated heterocycles. The first-order chi connectivity index (χ1) is 16.9. The number of ether oxygens (including phenoxy) is 1. The second-order valence-electron chi connectivity index (χ2n) is 8.04. The largest absolute Gasteiger partial charge is 0.488 e. The Labute approximate surface area is 209 Å². The van der Waals surface area contributed by atoms with E-state index in [0.29, 0.717) is 27.5 Å². The van der Waals surface area contributed by atoms with Crippen molar-refractivity contribution in [3.05, 3.63) is 100 Å². The molecule has 1 unspecified atom stereocenters. The molecule has 0 heterocycles. The number of carbonyl (C=O) groups excluding carboxylic acids is 2. The van der Waals surface area contributed by atoms with Crippen molar-refractivity contribution in [2.75, 3.05) is 0 Å². The van der Waals surface area contributed by atoms with Crippen molar-refractivity contribution < 1.29 is 14.3 Å². The normalized spacial score (nSPS) is 11.6. The first kappa shape index (κ1) is 25.5. The van der Waals surface area contributed by atoms with E-state index >= 15 is 0 Å². The van der Waals surface area contributed by atoms with Crippen LogP contribution in [0.25, 0.3) is 0 Å². The van der Waals surface area contributed by atoms with Crippen LogP contribution < -0.4 is 15.5 Å². The van der Waals surface area contributed by atoms with Gasteiger partial charge in [-0.3, -0.25) is 9.59 Å². The average molecular weight is 489 g/mol. The molecule has 0 saturated carbocycles. The van der Waals surface area contributed by atoms with Gasteiger partial charge in [0.05, 0.1) is 17.8 Å². The molecule has 2 amide bonds. The van der Waals surface area contributed by atoms with Crippen LogP contribution >= 0.6 is 11.6 Å². The van der Waals surface area contributed by atoms with E-state index in [4.69, 9.17) is 16.3 Å². The fourth-order valence-corrected chi connectivity index (χ4v) is 3.44. The number of nitrogens with zero attached hydrogens (tertiary/aromatic N) is 2. The van der Waals surface area contributed by atoms with Gasteiger partial charge in [0.1, 0.15) is 18.4 Å². The fraction of sp³-hybridized carbons (Fsp3) is 0.185. The van der Waals surface area contributed by atoms with Crippen LogP contribution in [-0.4, -0.2) is 24.1 Å². The van der Waals surface area contributed by atoms with Gasteiger partial charge in [0, 0.05) is 21.7 Å². The summed E-state index contributed by atoms with van der Waals surface area (Å²) in [5, 5.41) is 16.5. The number of hydrogen-bond acceptors (Lipinski definition) is 5. The molecule has 0 fully saturated rings. The molecule has 3 rings (SSSR count). The molecule has 0 aliphatic rings. The number of hydrazone groups is 1. The minimum atomic E-state index is -0.799. The lowest BCUT2D eigenvalue weighted by atomic mass is 10.0. The van der Waals surface area contributed by atoms with Gasteiger partial charge in [-0.25, -0.2) is 5.43 Å². The average Bonchev–Trinajstić information content (AvgIpc) is 2.86. The highest BCUT2D eigenvalue weighted by molar-refractivity contribution is 6.31. The van der Waals surface area contributed by atoms with Gasteiger partial charge in [-0.05, 0) is 42.3 Å². The van der Waals surface area contributed by atoms with Crippen LogP contribution in [-0.2, 0) is 11.4 Å². The Bertz CT molecular complexity index is 1270. The summed E-state index contributed by atoms with van der Waals surface area (Å²) >= 11 is 5.96. The summed E-state index contributed by atoms with van der Waals surface area (Å²) in [4.78, 5) is 25.3. The van der Waals surface area contributed by atoms with Gasteiger partial charge in [0.25, 0.3) is 11.8 Å². The van der Waals surface area contributed by atoms with Crippen LogP contribution in [0.5, 0.6) is 5.75 Å². The smallest absolute Gasteiger partial charge is 0.262 e. The van der Waals surface area contributed by atoms with E-state index in [2.05, 4.69) is 21.9 Å². The molecule has 35 heavy (non-hydrogen) atoms. The predicted molar refractivity (Wildman–Crippen MR) is 135 cm³/mol. The van der Waals surface area contributed by atoms with Crippen molar-refractivity contribution in [3.8, 4) is 11.8 Å². The standard InChI is InChI=1S/C27H25ClN4O3/c1-18(2)25(31-26(33)19-11-7-12-23(28)14-19)27(34)32-30-16-21-9-5-6-13-24(21)35-17-22-10-4-3-8-20(22)15-29/h3-14,16,18,25H,17H2,1-2H3,(H,31,33)(H,32,34)/b30-16+. The number of amides is 2. The Hall–Kier alpha value is -4.15. The molecule has 0 aliphatic heterocycles. The SMILES string of the molecule is CC(C)C(NC(=O)c1cccc(Cl)c1)C(=O)N/N=C/c1ccccc1OCc1ccccc1C#N. The highest BCUT2D eigenvalue weighted by Crippen LogP contribution is 2.19. The van der Waals surface area contributed by atoms with Crippen LogP contribution in [0.2, 0.25) is 5.02 Å². The molecular formula is C27H25ClN4O3. The Morgan fingerprint density at radius 1 is 1.09 bits per heavy atom. The first-order valence-electron chi connectivity index (χ1n) is 11.0. The van der Waals surface area contributed by atoms with Crippen molar-refractivity contribution in [1.29, 1.82) is 5.26 Å². The Morgan fingerprint density at radius 3 is 2.57 bits per heavy atom. The summed E-state index contributed by atoms with van der Waals surface area (Å²) in [6.07, 6.45) is 1.47. The molecule has 0 bridgehead atoms. The minimum absolute atomic E-state index is 0.177. The van der Waals surface area contributed by atoms with E-state index in [0.717, 1.165) is 5.56 Å². The van der Waals surface area contributed by atoms with Gasteiger partial charge >= 0.3 is 0 Å². The summed E-state index contributed by atoms with van der Waals surface area (Å²) in [6.45, 7) is 3.87. The van der Waals surface area contributed by atoms with Crippen LogP contribution in [0.3, 0.4) is 0 Å². The van der Waals surface area contributed by atoms with Gasteiger partial charge in [-0.2, -0.15) is 10.4 Å². The van der Waals surface area contributed by atoms with Crippen LogP contribution in [0, 0.1) is 17.2 Å². The zero-order valence-electron chi connectivity index (χ0n) is 19.4. The van der Waals surface area contributed by atoms with Gasteiger partial charge < -0.3 is 10.1 Å². The van der Waals surface area contributed by atoms with Crippen molar-refractivity contribution >= 4 is 29.6 Å². The first-order valence-corrected chi connectivity index (χ1v) is 11.4. The molecule has 8 heteroatoms. The molecule has 1 atom stereocenters. The number of nitriles is 1. The summed E-state index contributed by atoms with van der Waals surface area (Å²) in [6, 6.07) is 22.3. The topological polar surface area (TPSA) is 104 Å². The third-order valence-corrected chi connectivity index (χ3v) is 5.38. The molecule has 0 aliphatic carbocycles. The van der Waals surface area contributed by atoms with E-state index in [1.807, 2.05) is 38.1 Å². The highest BCUT2D eigenvalue weighted by Gasteiger charge is 2.24. The lowest BCUT2D eigenvalue weighted by Gasteiger charge is -2.20. The summed E-state index contributed by atoms with van der Waals surface area (Å²) in [7, 11) is 0. The van der Waals surface area contributed by atoms with E-state index < -0.39 is 17.9 Å². The van der Waals surface area contributed by atoms with E-state index in [9.17, 15) is 14.9 Å². The molecule has 3 aromatic rings. The third-order valence-electron chi connectivity index (χ3n) is 5.14. The molecule has 7 nitrogen and oxygen atoms in total. The molecule has 178 valence electrons. The van der Waals surface area contributed by atoms with Crippen molar-refractivity contribution in [1.82, 2.24) is 10.7 Å². The van der Waals surface area contributed by atoms with E-state index in [1.54, 1.807) is 42.5 Å². The Kier molecular flexibility index (Phi) is 8.99. The number of rotatable bonds is 9. The number of benzene rings is 3. The van der Waals surface area contributed by atoms with Crippen molar-refractivity contribution in [3.63, 3.8) is 0 Å². The predicted octanol–water partition coefficient (Wildman–Crippen LogP) is 4.70. The van der Waals surface area contributed by atoms with E-state index in [1.165, 1.54) is 12.3 Å². The minimum Gasteiger partial charge on any atom is -0.488 e. The quantitative estimate of drug-likeness (QED) is 0.336. The molecule has 0 radical (unpaired) electrons. The molecule has 0 spiro atoms. The monoisotopic (exact) mass is 488 g/mol. The van der Waals surface area contributed by atoms with Crippen molar-refractivity contribution in [2.45, 2.75) is 26.5 Å². The molecule has 0 aromatic heterocycles. The summed E-state index contributed by atoms with van der Waals surface area (Å²) < 4.78 is 5.90. The summed E-state index contributed by atoms with van der Waals surface area (Å²) in [5.74, 6) is -0.480. The number of nitrogens with one attached hydrogen (secondary N) is 2. The van der Waals surface area contributed by atoms with E-state index in [-0.39, 0.29) is 12.5 Å². The molecular weight excluding hydrogens is 464 g/mol. The number of hydrogen-bond donors (Lipinski definition) is 2. The highest BCUT2D eigenvalue weighted by atomic mass is 35.5. The summed E-state index contributed by atoms with van der Waals surface area (Å²) in [5.41, 5.74) is 4.82. The van der Waals surface area contributed by atoms with Crippen LogP contribution in [0.1, 0.15) is 40.9 Å². The fourth-order valence-electron chi connectivity index (χ4n) is 3.25. The number of para-hydroxylation sites is 1. The Morgan fingerprint density at radius 2 is 1.83 bits per heavy atom. The van der Waals surface area contributed by atoms with Crippen molar-refractivity contribution in [2.24, 2.45) is 11.0 Å². The van der Waals surface area contributed by atoms with Gasteiger partial charge in [0.2, 0.25) is 0 Å². The second-order valence-corrected chi connectivity index (χ2v) is 8.47. The van der Waals surface area contributed by atoms with Gasteiger partial charge in [0.15, 0.2) is 0 Å². The third kappa shape index (κ3) is 7.16. The lowest BCUT2D eigenvalue weighted by Crippen LogP contribution is -2.48. The van der Waals surface area contributed by atoms with Crippen LogP contribution in [0.15, 0.2) is 77.9 Å². The van der Waals surface area contributed by atoms with Crippen LogP contribution in [0.4, 0.5) is 0 Å². The number of halogens is 1. The molecule has 3 aromatic carbocycles. The number of carbonyl (C=O) groups is 2. The van der Waals surface area contributed by atoms with Gasteiger partial charge in [-0.15, -0.1) is 0 Å². The lowest BCUT2D eigenvalue weighted by molar-refractivity contribution is -0.123. The maximum absolute atomic E-state index is 12.7. The second kappa shape index (κ2) is 12.4. The zero-order valence-corrected chi connectivity index (χ0v) is 20.1. The zero-order chi connectivity index (χ0) is 25.2. The molecule has 2 N–H and O–H groups in total. The maximum atomic E-state index is 12.7.